The molecule has 1 rings (SSSR count). The topological polar surface area (TPSA) is 77.2 Å². The number of carbonyl (C=O) groups is 1. The fraction of sp³-hybridized carbons (Fsp3) is 0.182. The van der Waals surface area contributed by atoms with E-state index in [1.165, 1.54) is 11.1 Å². The van der Waals surface area contributed by atoms with Crippen molar-refractivity contribution >= 4 is 11.7 Å². The second kappa shape index (κ2) is 5.38. The molecule has 0 fully saturated rings. The number of hydrogen-bond donors (Lipinski definition) is 1. The van der Waals surface area contributed by atoms with Gasteiger partial charge in [0.25, 0.3) is 0 Å². The molecule has 0 amide bonds. The summed E-state index contributed by atoms with van der Waals surface area (Å²) in [4.78, 5) is 15.9. The van der Waals surface area contributed by atoms with Crippen molar-refractivity contribution < 1.29 is 9.90 Å². The maximum Gasteiger partial charge on any atom is 0.323 e. The van der Waals surface area contributed by atoms with Crippen LogP contribution in [0.25, 0.3) is 0 Å². The average molecular weight is 215 g/mol. The number of anilines is 1. The average Bonchev–Trinajstić information content (AvgIpc) is 2.28. The van der Waals surface area contributed by atoms with E-state index in [9.17, 15) is 4.79 Å². The second-order valence-corrected chi connectivity index (χ2v) is 2.94. The van der Waals surface area contributed by atoms with E-state index >= 15 is 0 Å². The van der Waals surface area contributed by atoms with Crippen LogP contribution in [0.15, 0.2) is 18.3 Å². The highest BCUT2D eigenvalue weighted by molar-refractivity contribution is 5.74. The van der Waals surface area contributed by atoms with Crippen molar-refractivity contribution in [2.75, 3.05) is 18.0 Å². The zero-order valence-electron chi connectivity index (χ0n) is 8.42. The lowest BCUT2D eigenvalue weighted by atomic mass is 10.2. The summed E-state index contributed by atoms with van der Waals surface area (Å²) < 4.78 is 0. The molecule has 0 radical (unpaired) electrons. The first kappa shape index (κ1) is 11.5. The van der Waals surface area contributed by atoms with Crippen molar-refractivity contribution in [3.63, 3.8) is 0 Å². The van der Waals surface area contributed by atoms with Crippen LogP contribution < -0.4 is 4.90 Å². The molecule has 1 N–H and O–H groups in total. The molecule has 16 heavy (non-hydrogen) atoms. The van der Waals surface area contributed by atoms with Gasteiger partial charge in [0.2, 0.25) is 0 Å². The number of pyridine rings is 1. The van der Waals surface area contributed by atoms with Gasteiger partial charge in [-0.2, -0.15) is 5.26 Å². The zero-order chi connectivity index (χ0) is 12.0. The van der Waals surface area contributed by atoms with Gasteiger partial charge in [0.1, 0.15) is 12.6 Å². The van der Waals surface area contributed by atoms with E-state index in [0.29, 0.717) is 5.69 Å². The second-order valence-electron chi connectivity index (χ2n) is 2.94. The Morgan fingerprint density at radius 3 is 3.00 bits per heavy atom. The van der Waals surface area contributed by atoms with E-state index in [-0.39, 0.29) is 18.8 Å². The molecule has 5 heteroatoms. The number of carboxylic acids is 1. The first-order valence-electron chi connectivity index (χ1n) is 4.44. The van der Waals surface area contributed by atoms with Gasteiger partial charge in [-0.25, -0.2) is 4.98 Å². The van der Waals surface area contributed by atoms with Crippen LogP contribution in [0.4, 0.5) is 5.69 Å². The van der Waals surface area contributed by atoms with Crippen molar-refractivity contribution in [2.45, 2.75) is 0 Å². The minimum atomic E-state index is -1.01. The molecule has 80 valence electrons. The van der Waals surface area contributed by atoms with Crippen LogP contribution in [0, 0.1) is 23.7 Å². The highest BCUT2D eigenvalue weighted by atomic mass is 16.4. The Morgan fingerprint density at radius 2 is 2.44 bits per heavy atom. The highest BCUT2D eigenvalue weighted by Gasteiger charge is 2.13. The van der Waals surface area contributed by atoms with Crippen LogP contribution in [-0.2, 0) is 4.79 Å². The Bertz CT molecular complexity index is 471. The highest BCUT2D eigenvalue weighted by Crippen LogP contribution is 2.16. The van der Waals surface area contributed by atoms with Gasteiger partial charge in [0, 0.05) is 6.20 Å². The summed E-state index contributed by atoms with van der Waals surface area (Å²) in [6.45, 7) is -0.142. The van der Waals surface area contributed by atoms with E-state index in [1.54, 1.807) is 12.1 Å². The molecule has 0 bridgehead atoms. The zero-order valence-corrected chi connectivity index (χ0v) is 8.42. The van der Waals surface area contributed by atoms with Gasteiger partial charge in [-0.1, -0.05) is 5.92 Å². The molecule has 1 heterocycles. The molecule has 0 saturated carbocycles. The van der Waals surface area contributed by atoms with Crippen LogP contribution in [0.3, 0.4) is 0 Å². The molecule has 0 aliphatic carbocycles. The summed E-state index contributed by atoms with van der Waals surface area (Å²) in [6.07, 6.45) is 6.62. The predicted molar refractivity (Wildman–Crippen MR) is 57.6 cm³/mol. The van der Waals surface area contributed by atoms with Crippen LogP contribution in [-0.4, -0.2) is 29.1 Å². The lowest BCUT2D eigenvalue weighted by Crippen LogP contribution is -2.30. The maximum absolute atomic E-state index is 10.6. The minimum absolute atomic E-state index is 0.118. The first-order valence-corrected chi connectivity index (χ1v) is 4.44. The summed E-state index contributed by atoms with van der Waals surface area (Å²) in [5.41, 5.74) is 0.601. The summed E-state index contributed by atoms with van der Waals surface area (Å²) in [5.74, 6) is 1.34. The first-order chi connectivity index (χ1) is 7.69. The molecule has 0 aromatic carbocycles. The summed E-state index contributed by atoms with van der Waals surface area (Å²) >= 11 is 0. The molecule has 5 nitrogen and oxygen atoms in total. The SMILES string of the molecule is C#CCN(CC(=O)O)c1cccnc1C#N. The van der Waals surface area contributed by atoms with Gasteiger partial charge in [0.05, 0.1) is 12.2 Å². The van der Waals surface area contributed by atoms with Crippen molar-refractivity contribution in [2.24, 2.45) is 0 Å². The van der Waals surface area contributed by atoms with Gasteiger partial charge in [-0.15, -0.1) is 6.42 Å². The van der Waals surface area contributed by atoms with E-state index in [1.807, 2.05) is 6.07 Å². The lowest BCUT2D eigenvalue weighted by molar-refractivity contribution is -0.135. The van der Waals surface area contributed by atoms with Crippen LogP contribution >= 0.6 is 0 Å². The third kappa shape index (κ3) is 2.73. The Morgan fingerprint density at radius 1 is 1.69 bits per heavy atom. The molecule has 0 atom stereocenters. The third-order valence-corrected chi connectivity index (χ3v) is 1.84. The normalized spacial score (nSPS) is 8.88. The quantitative estimate of drug-likeness (QED) is 0.739. The molecule has 0 saturated heterocycles. The van der Waals surface area contributed by atoms with E-state index in [2.05, 4.69) is 10.9 Å². The van der Waals surface area contributed by atoms with Crippen molar-refractivity contribution in [3.8, 4) is 18.4 Å². The number of terminal acetylenes is 1. The number of nitrogens with zero attached hydrogens (tertiary/aromatic N) is 3. The number of rotatable bonds is 4. The Labute approximate surface area is 92.9 Å². The number of nitriles is 1. The van der Waals surface area contributed by atoms with Crippen molar-refractivity contribution in [1.82, 2.24) is 4.98 Å². The fourth-order valence-corrected chi connectivity index (χ4v) is 1.24. The van der Waals surface area contributed by atoms with Crippen LogP contribution in [0.1, 0.15) is 5.69 Å². The summed E-state index contributed by atoms with van der Waals surface area (Å²) in [6, 6.07) is 5.14. The molecule has 0 aliphatic heterocycles. The van der Waals surface area contributed by atoms with E-state index in [0.717, 1.165) is 0 Å². The van der Waals surface area contributed by atoms with Crippen molar-refractivity contribution in [1.29, 1.82) is 5.26 Å². The molecular weight excluding hydrogens is 206 g/mol. The molecule has 0 unspecified atom stereocenters. The number of aromatic nitrogens is 1. The molecule has 1 aromatic rings. The van der Waals surface area contributed by atoms with Crippen LogP contribution in [0.5, 0.6) is 0 Å². The van der Waals surface area contributed by atoms with Gasteiger partial charge >= 0.3 is 5.97 Å². The van der Waals surface area contributed by atoms with Gasteiger partial charge in [-0.05, 0) is 12.1 Å². The van der Waals surface area contributed by atoms with Crippen LogP contribution in [0.2, 0.25) is 0 Å². The lowest BCUT2D eigenvalue weighted by Gasteiger charge is -2.20. The third-order valence-electron chi connectivity index (χ3n) is 1.84. The van der Waals surface area contributed by atoms with E-state index < -0.39 is 5.97 Å². The smallest absolute Gasteiger partial charge is 0.323 e. The fourth-order valence-electron chi connectivity index (χ4n) is 1.24. The van der Waals surface area contributed by atoms with Gasteiger partial charge in [0.15, 0.2) is 5.69 Å². The largest absolute Gasteiger partial charge is 0.480 e. The Kier molecular flexibility index (Phi) is 3.88. The maximum atomic E-state index is 10.6. The molecular formula is C11H9N3O2. The molecule has 1 aromatic heterocycles. The number of aliphatic carboxylic acids is 1. The van der Waals surface area contributed by atoms with Gasteiger partial charge in [-0.3, -0.25) is 4.79 Å². The molecule has 0 spiro atoms. The Balaban J connectivity index is 3.06. The Hall–Kier alpha value is -2.53. The van der Waals surface area contributed by atoms with Gasteiger partial charge < -0.3 is 10.0 Å². The summed E-state index contributed by atoms with van der Waals surface area (Å²) in [5, 5.41) is 17.6. The summed E-state index contributed by atoms with van der Waals surface area (Å²) in [7, 11) is 0. The monoisotopic (exact) mass is 215 g/mol. The predicted octanol–water partition coefficient (Wildman–Crippen LogP) is 0.477. The molecule has 0 aliphatic rings. The van der Waals surface area contributed by atoms with E-state index in [4.69, 9.17) is 16.8 Å². The standard InChI is InChI=1S/C11H9N3O2/c1-2-6-14(8-11(15)16)10-4-3-5-13-9(10)7-12/h1,3-5H,6,8H2,(H,15,16). The number of hydrogen-bond acceptors (Lipinski definition) is 4. The number of carboxylic acid groups (broad SMARTS) is 1. The minimum Gasteiger partial charge on any atom is -0.480 e. The van der Waals surface area contributed by atoms with Crippen molar-refractivity contribution in [3.05, 3.63) is 24.0 Å².